The van der Waals surface area contributed by atoms with E-state index in [-0.39, 0.29) is 17.4 Å². The number of hydrogen-bond donors (Lipinski definition) is 1. The highest BCUT2D eigenvalue weighted by molar-refractivity contribution is 6.01. The number of carbonyl (C=O) groups is 2. The molecule has 0 saturated carbocycles. The Balaban J connectivity index is 2.27. The van der Waals surface area contributed by atoms with Crippen LogP contribution in [-0.2, 0) is 6.54 Å². The fraction of sp³-hybridized carbons (Fsp3) is 0.407. The molecule has 0 spiro atoms. The number of aliphatic imine (C=N–C) groups is 1. The number of hydrogen-bond acceptors (Lipinski definition) is 4. The van der Waals surface area contributed by atoms with Crippen LogP contribution < -0.4 is 0 Å². The van der Waals surface area contributed by atoms with E-state index >= 15 is 0 Å². The molecule has 5 nitrogen and oxygen atoms in total. The summed E-state index contributed by atoms with van der Waals surface area (Å²) in [6.07, 6.45) is -1.17. The second kappa shape index (κ2) is 12.4. The maximum absolute atomic E-state index is 13.2. The summed E-state index contributed by atoms with van der Waals surface area (Å²) in [6, 6.07) is 10.4. The van der Waals surface area contributed by atoms with E-state index in [0.717, 1.165) is 28.8 Å². The molecule has 35 heavy (non-hydrogen) atoms. The van der Waals surface area contributed by atoms with Crippen molar-refractivity contribution >= 4 is 24.1 Å². The summed E-state index contributed by atoms with van der Waals surface area (Å²) < 4.78 is 38.0. The van der Waals surface area contributed by atoms with Crippen molar-refractivity contribution in [2.24, 2.45) is 10.9 Å². The summed E-state index contributed by atoms with van der Waals surface area (Å²) in [5.41, 5.74) is 2.50. The van der Waals surface area contributed by atoms with Gasteiger partial charge >= 0.3 is 6.18 Å². The van der Waals surface area contributed by atoms with E-state index in [2.05, 4.69) is 18.8 Å². The molecule has 0 aliphatic heterocycles. The zero-order valence-corrected chi connectivity index (χ0v) is 20.5. The second-order valence-electron chi connectivity index (χ2n) is 8.92. The van der Waals surface area contributed by atoms with Crippen LogP contribution in [-0.4, -0.2) is 48.3 Å². The number of alkyl halides is 3. The van der Waals surface area contributed by atoms with E-state index in [4.69, 9.17) is 5.41 Å². The Labute approximate surface area is 204 Å². The van der Waals surface area contributed by atoms with Crippen LogP contribution in [0.5, 0.6) is 0 Å². The van der Waals surface area contributed by atoms with E-state index in [1.54, 1.807) is 11.1 Å². The van der Waals surface area contributed by atoms with Gasteiger partial charge in [-0.1, -0.05) is 51.1 Å². The Morgan fingerprint density at radius 2 is 1.71 bits per heavy atom. The number of rotatable bonds is 11. The van der Waals surface area contributed by atoms with Gasteiger partial charge < -0.3 is 10.3 Å². The molecule has 0 saturated heterocycles. The van der Waals surface area contributed by atoms with Crippen molar-refractivity contribution in [2.45, 2.75) is 52.8 Å². The van der Waals surface area contributed by atoms with E-state index in [0.29, 0.717) is 32.0 Å². The number of carbonyl (C=O) groups excluding carboxylic acids is 2. The van der Waals surface area contributed by atoms with E-state index in [1.807, 2.05) is 32.0 Å². The van der Waals surface area contributed by atoms with Gasteiger partial charge in [0.25, 0.3) is 11.7 Å². The van der Waals surface area contributed by atoms with Crippen LogP contribution in [0.4, 0.5) is 13.2 Å². The molecule has 1 N–H and O–H groups in total. The van der Waals surface area contributed by atoms with Gasteiger partial charge in [0.2, 0.25) is 0 Å². The summed E-state index contributed by atoms with van der Waals surface area (Å²) in [4.78, 5) is 30.7. The number of amides is 1. The van der Waals surface area contributed by atoms with Gasteiger partial charge in [0.15, 0.2) is 0 Å². The number of Topliss-reactive ketones (excluding diaryl/α,β-unsaturated/α-hetero) is 1. The molecule has 0 fully saturated rings. The fourth-order valence-corrected chi connectivity index (χ4v) is 3.52. The van der Waals surface area contributed by atoms with E-state index in [1.165, 1.54) is 18.3 Å². The Bertz CT molecular complexity index is 1060. The minimum absolute atomic E-state index is 0.212. The fourth-order valence-electron chi connectivity index (χ4n) is 3.52. The number of ketones is 1. The van der Waals surface area contributed by atoms with Crippen LogP contribution in [0.25, 0.3) is 0 Å². The smallest absolute Gasteiger partial charge is 0.334 e. The normalized spacial score (nSPS) is 12.7. The molecule has 0 heterocycles. The Kier molecular flexibility index (Phi) is 9.92. The quantitative estimate of drug-likeness (QED) is 0.300. The molecule has 0 aliphatic rings. The van der Waals surface area contributed by atoms with E-state index in [9.17, 15) is 22.8 Å². The zero-order valence-electron chi connectivity index (χ0n) is 20.5. The predicted octanol–water partition coefficient (Wildman–Crippen LogP) is 6.25. The van der Waals surface area contributed by atoms with Crippen LogP contribution in [0.3, 0.4) is 0 Å². The lowest BCUT2D eigenvalue weighted by Crippen LogP contribution is -2.31. The lowest BCUT2D eigenvalue weighted by atomic mass is 9.96. The first-order valence-corrected chi connectivity index (χ1v) is 11.6. The summed E-state index contributed by atoms with van der Waals surface area (Å²) in [6.45, 7) is 9.46. The summed E-state index contributed by atoms with van der Waals surface area (Å²) in [7, 11) is 0. The SMILES string of the molecule is CCCN(Cc1cc(C(C=N)C=NCC(C)C)ccc1C)C(=O)c1ccc(C(=O)C(F)(F)F)cc1. The molecule has 0 bridgehead atoms. The molecule has 0 aliphatic carbocycles. The van der Waals surface area contributed by atoms with Crippen LogP contribution in [0.1, 0.15) is 70.5 Å². The second-order valence-corrected chi connectivity index (χ2v) is 8.92. The number of nitrogens with zero attached hydrogens (tertiary/aromatic N) is 2. The highest BCUT2D eigenvalue weighted by Crippen LogP contribution is 2.23. The number of nitrogens with one attached hydrogen (secondary N) is 1. The number of benzene rings is 2. The first-order chi connectivity index (χ1) is 16.5. The van der Waals surface area contributed by atoms with Gasteiger partial charge in [-0.05, 0) is 48.1 Å². The third-order valence-electron chi connectivity index (χ3n) is 5.47. The van der Waals surface area contributed by atoms with Gasteiger partial charge in [-0.25, -0.2) is 0 Å². The molecule has 0 aromatic heterocycles. The molecular weight excluding hydrogens is 455 g/mol. The van der Waals surface area contributed by atoms with Crippen molar-refractivity contribution in [1.82, 2.24) is 4.90 Å². The van der Waals surface area contributed by atoms with Crippen molar-refractivity contribution in [1.29, 1.82) is 5.41 Å². The van der Waals surface area contributed by atoms with Gasteiger partial charge in [0.05, 0.1) is 5.92 Å². The first-order valence-electron chi connectivity index (χ1n) is 11.6. The molecule has 188 valence electrons. The summed E-state index contributed by atoms with van der Waals surface area (Å²) in [5.74, 6) is -2.13. The zero-order chi connectivity index (χ0) is 26.2. The highest BCUT2D eigenvalue weighted by atomic mass is 19.4. The van der Waals surface area contributed by atoms with Gasteiger partial charge in [-0.2, -0.15) is 13.2 Å². The average Bonchev–Trinajstić information content (AvgIpc) is 2.81. The van der Waals surface area contributed by atoms with Crippen LogP contribution in [0.2, 0.25) is 0 Å². The molecular formula is C27H32F3N3O2. The lowest BCUT2D eigenvalue weighted by Gasteiger charge is -2.24. The number of halogens is 3. The van der Waals surface area contributed by atoms with Crippen molar-refractivity contribution in [3.63, 3.8) is 0 Å². The molecule has 0 radical (unpaired) electrons. The van der Waals surface area contributed by atoms with Crippen molar-refractivity contribution < 1.29 is 22.8 Å². The third kappa shape index (κ3) is 7.87. The maximum Gasteiger partial charge on any atom is 0.454 e. The van der Waals surface area contributed by atoms with Crippen LogP contribution in [0.15, 0.2) is 47.5 Å². The molecule has 1 atom stereocenters. The molecule has 2 rings (SSSR count). The Hall–Kier alpha value is -3.29. The third-order valence-corrected chi connectivity index (χ3v) is 5.47. The largest absolute Gasteiger partial charge is 0.454 e. The van der Waals surface area contributed by atoms with Gasteiger partial charge in [-0.15, -0.1) is 0 Å². The monoisotopic (exact) mass is 487 g/mol. The topological polar surface area (TPSA) is 73.6 Å². The molecule has 1 unspecified atom stereocenters. The van der Waals surface area contributed by atoms with E-state index < -0.39 is 17.5 Å². The predicted molar refractivity (Wildman–Crippen MR) is 133 cm³/mol. The maximum atomic E-state index is 13.2. The van der Waals surface area contributed by atoms with Gasteiger partial charge in [-0.3, -0.25) is 14.6 Å². The lowest BCUT2D eigenvalue weighted by molar-refractivity contribution is -0.0885. The minimum atomic E-state index is -4.96. The van der Waals surface area contributed by atoms with Crippen LogP contribution in [0, 0.1) is 18.3 Å². The van der Waals surface area contributed by atoms with Crippen molar-refractivity contribution in [3.05, 3.63) is 70.3 Å². The summed E-state index contributed by atoms with van der Waals surface area (Å²) in [5, 5.41) is 7.81. The Morgan fingerprint density at radius 3 is 2.26 bits per heavy atom. The molecule has 1 amide bonds. The number of aryl methyl sites for hydroxylation is 1. The molecule has 8 heteroatoms. The van der Waals surface area contributed by atoms with Crippen LogP contribution >= 0.6 is 0 Å². The standard InChI is InChI=1S/C27H32F3N3O2/c1-5-12-33(26(35)21-10-8-20(9-11-21)25(34)27(28,29)30)17-23-13-22(7-6-19(23)4)24(14-31)16-32-15-18(2)3/h6-11,13-14,16,18,24,31H,5,12,15,17H2,1-4H3. The van der Waals surface area contributed by atoms with Gasteiger partial charge in [0.1, 0.15) is 0 Å². The van der Waals surface area contributed by atoms with Gasteiger partial charge in [0, 0.05) is 43.2 Å². The molecule has 2 aromatic rings. The Morgan fingerprint density at radius 1 is 1.09 bits per heavy atom. The van der Waals surface area contributed by atoms with Crippen molar-refractivity contribution in [2.75, 3.05) is 13.1 Å². The average molecular weight is 488 g/mol. The molecule has 2 aromatic carbocycles. The van der Waals surface area contributed by atoms with Crippen molar-refractivity contribution in [3.8, 4) is 0 Å². The first kappa shape index (κ1) is 28.0. The minimum Gasteiger partial charge on any atom is -0.334 e. The summed E-state index contributed by atoms with van der Waals surface area (Å²) >= 11 is 0. The highest BCUT2D eigenvalue weighted by Gasteiger charge is 2.39.